The van der Waals surface area contributed by atoms with Crippen molar-refractivity contribution in [2.45, 2.75) is 13.0 Å². The molecule has 0 aliphatic heterocycles. The van der Waals surface area contributed by atoms with Crippen LogP contribution in [0.5, 0.6) is 0 Å². The molecule has 3 aromatic rings. The molecule has 0 bridgehead atoms. The van der Waals surface area contributed by atoms with Crippen LogP contribution < -0.4 is 5.73 Å². The van der Waals surface area contributed by atoms with Crippen LogP contribution in [0.3, 0.4) is 0 Å². The molecule has 0 saturated heterocycles. The maximum absolute atomic E-state index is 7.68. The van der Waals surface area contributed by atoms with E-state index in [2.05, 4.69) is 14.5 Å². The summed E-state index contributed by atoms with van der Waals surface area (Å²) < 4.78 is 4.05. The molecule has 1 aromatic carbocycles. The van der Waals surface area contributed by atoms with Crippen LogP contribution in [0.25, 0.3) is 0 Å². The number of nitrogens with zero attached hydrogens (tertiary/aromatic N) is 4. The zero-order valence-corrected chi connectivity index (χ0v) is 12.4. The Labute approximate surface area is 128 Å². The molecule has 0 atom stereocenters. The first kappa shape index (κ1) is 14.1. The third-order valence-electron chi connectivity index (χ3n) is 3.69. The summed E-state index contributed by atoms with van der Waals surface area (Å²) in [4.78, 5) is 8.77. The minimum Gasteiger partial charge on any atom is -0.384 e. The molecular weight excluding hydrogens is 276 g/mol. The lowest BCUT2D eigenvalue weighted by atomic mass is 10.1. The van der Waals surface area contributed by atoms with E-state index in [0.29, 0.717) is 13.0 Å². The van der Waals surface area contributed by atoms with E-state index in [1.54, 1.807) is 12.4 Å². The largest absolute Gasteiger partial charge is 0.384 e. The SMILES string of the molecule is Cn1ccnc1Cc1nccn1Cc1ccccc1C(=N)N. The molecule has 6 nitrogen and oxygen atoms in total. The maximum Gasteiger partial charge on any atom is 0.123 e. The number of aryl methyl sites for hydroxylation is 1. The summed E-state index contributed by atoms with van der Waals surface area (Å²) in [5, 5.41) is 7.68. The van der Waals surface area contributed by atoms with E-state index in [4.69, 9.17) is 11.1 Å². The highest BCUT2D eigenvalue weighted by Gasteiger charge is 2.10. The van der Waals surface area contributed by atoms with Crippen LogP contribution in [-0.4, -0.2) is 24.9 Å². The summed E-state index contributed by atoms with van der Waals surface area (Å²) in [6.45, 7) is 0.634. The molecule has 112 valence electrons. The van der Waals surface area contributed by atoms with Gasteiger partial charge >= 0.3 is 0 Å². The monoisotopic (exact) mass is 294 g/mol. The van der Waals surface area contributed by atoms with Gasteiger partial charge in [-0.05, 0) is 5.56 Å². The van der Waals surface area contributed by atoms with Crippen LogP contribution in [-0.2, 0) is 20.0 Å². The second-order valence-corrected chi connectivity index (χ2v) is 5.17. The van der Waals surface area contributed by atoms with Crippen molar-refractivity contribution in [3.8, 4) is 0 Å². The lowest BCUT2D eigenvalue weighted by molar-refractivity contribution is 0.711. The molecule has 0 spiro atoms. The van der Waals surface area contributed by atoms with Crippen molar-refractivity contribution in [2.75, 3.05) is 0 Å². The minimum absolute atomic E-state index is 0.0846. The van der Waals surface area contributed by atoms with E-state index in [9.17, 15) is 0 Å². The van der Waals surface area contributed by atoms with E-state index in [-0.39, 0.29) is 5.84 Å². The van der Waals surface area contributed by atoms with Crippen molar-refractivity contribution in [2.24, 2.45) is 12.8 Å². The smallest absolute Gasteiger partial charge is 0.123 e. The Hall–Kier alpha value is -2.89. The van der Waals surface area contributed by atoms with Crippen LogP contribution in [0.15, 0.2) is 49.1 Å². The number of nitrogen functional groups attached to an aromatic ring is 1. The lowest BCUT2D eigenvalue weighted by Crippen LogP contribution is -2.16. The van der Waals surface area contributed by atoms with Gasteiger partial charge in [-0.3, -0.25) is 5.41 Å². The van der Waals surface area contributed by atoms with E-state index in [1.807, 2.05) is 48.3 Å². The van der Waals surface area contributed by atoms with Gasteiger partial charge in [-0.2, -0.15) is 0 Å². The molecule has 0 unspecified atom stereocenters. The van der Waals surface area contributed by atoms with Crippen LogP contribution in [0.1, 0.15) is 22.8 Å². The molecule has 2 heterocycles. The van der Waals surface area contributed by atoms with Gasteiger partial charge in [0.1, 0.15) is 17.5 Å². The zero-order chi connectivity index (χ0) is 15.5. The number of amidine groups is 1. The Morgan fingerprint density at radius 1 is 1.14 bits per heavy atom. The third kappa shape index (κ3) is 2.76. The molecule has 0 radical (unpaired) electrons. The first-order chi connectivity index (χ1) is 10.6. The molecule has 22 heavy (non-hydrogen) atoms. The van der Waals surface area contributed by atoms with Gasteiger partial charge < -0.3 is 14.9 Å². The molecule has 6 heteroatoms. The number of benzene rings is 1. The average molecular weight is 294 g/mol. The average Bonchev–Trinajstić information content (AvgIpc) is 3.10. The first-order valence-corrected chi connectivity index (χ1v) is 7.03. The van der Waals surface area contributed by atoms with Crippen molar-refractivity contribution < 1.29 is 0 Å². The zero-order valence-electron chi connectivity index (χ0n) is 12.4. The number of hydrogen-bond donors (Lipinski definition) is 2. The number of aromatic nitrogens is 4. The summed E-state index contributed by atoms with van der Waals surface area (Å²) in [5.41, 5.74) is 7.43. The fraction of sp³-hybridized carbons (Fsp3) is 0.188. The summed E-state index contributed by atoms with van der Waals surface area (Å²) in [6.07, 6.45) is 8.10. The highest BCUT2D eigenvalue weighted by Crippen LogP contribution is 2.13. The van der Waals surface area contributed by atoms with E-state index >= 15 is 0 Å². The van der Waals surface area contributed by atoms with Crippen LogP contribution in [0.2, 0.25) is 0 Å². The van der Waals surface area contributed by atoms with Crippen LogP contribution >= 0.6 is 0 Å². The summed E-state index contributed by atoms with van der Waals surface area (Å²) in [6, 6.07) is 7.70. The van der Waals surface area contributed by atoms with Crippen LogP contribution in [0.4, 0.5) is 0 Å². The van der Waals surface area contributed by atoms with Gasteiger partial charge in [0.2, 0.25) is 0 Å². The van der Waals surface area contributed by atoms with E-state index < -0.39 is 0 Å². The number of imidazole rings is 2. The summed E-state index contributed by atoms with van der Waals surface area (Å²) in [5.74, 6) is 1.99. The molecule has 0 fully saturated rings. The standard InChI is InChI=1S/C16H18N6/c1-21-8-6-19-14(21)10-15-20-7-9-22(15)11-12-4-2-3-5-13(12)16(17)18/h2-9H,10-11H2,1H3,(H3,17,18). The topological polar surface area (TPSA) is 85.5 Å². The molecular formula is C16H18N6. The summed E-state index contributed by atoms with van der Waals surface area (Å²) >= 11 is 0. The van der Waals surface area contributed by atoms with Gasteiger partial charge in [-0.1, -0.05) is 24.3 Å². The highest BCUT2D eigenvalue weighted by atomic mass is 15.1. The Morgan fingerprint density at radius 3 is 2.59 bits per heavy atom. The van der Waals surface area contributed by atoms with E-state index in [1.165, 1.54) is 0 Å². The molecule has 0 aliphatic rings. The number of rotatable bonds is 5. The van der Waals surface area contributed by atoms with Crippen molar-refractivity contribution in [1.82, 2.24) is 19.1 Å². The minimum atomic E-state index is 0.0846. The highest BCUT2D eigenvalue weighted by molar-refractivity contribution is 5.96. The van der Waals surface area contributed by atoms with Gasteiger partial charge in [-0.15, -0.1) is 0 Å². The van der Waals surface area contributed by atoms with Gasteiger partial charge in [0.15, 0.2) is 0 Å². The van der Waals surface area contributed by atoms with Crippen molar-refractivity contribution >= 4 is 5.84 Å². The fourth-order valence-electron chi connectivity index (χ4n) is 2.46. The predicted molar refractivity (Wildman–Crippen MR) is 84.8 cm³/mol. The van der Waals surface area contributed by atoms with Gasteiger partial charge in [0, 0.05) is 43.9 Å². The second-order valence-electron chi connectivity index (χ2n) is 5.17. The number of nitrogens with one attached hydrogen (secondary N) is 1. The molecule has 3 rings (SSSR count). The Balaban J connectivity index is 1.87. The number of nitrogens with two attached hydrogens (primary N) is 1. The Bertz CT molecular complexity index is 798. The normalized spacial score (nSPS) is 10.8. The van der Waals surface area contributed by atoms with Crippen molar-refractivity contribution in [1.29, 1.82) is 5.41 Å². The number of hydrogen-bond acceptors (Lipinski definition) is 3. The van der Waals surface area contributed by atoms with Crippen molar-refractivity contribution in [3.05, 3.63) is 71.8 Å². The molecule has 2 aromatic heterocycles. The molecule has 0 aliphatic carbocycles. The van der Waals surface area contributed by atoms with Gasteiger partial charge in [0.05, 0.1) is 6.42 Å². The fourth-order valence-corrected chi connectivity index (χ4v) is 2.46. The Kier molecular flexibility index (Phi) is 3.74. The first-order valence-electron chi connectivity index (χ1n) is 7.03. The summed E-state index contributed by atoms with van der Waals surface area (Å²) in [7, 11) is 1.97. The van der Waals surface area contributed by atoms with Crippen LogP contribution in [0, 0.1) is 5.41 Å². The predicted octanol–water partition coefficient (Wildman–Crippen LogP) is 1.54. The van der Waals surface area contributed by atoms with Crippen molar-refractivity contribution in [3.63, 3.8) is 0 Å². The quantitative estimate of drug-likeness (QED) is 0.553. The Morgan fingerprint density at radius 2 is 1.86 bits per heavy atom. The maximum atomic E-state index is 7.68. The van der Waals surface area contributed by atoms with E-state index in [0.717, 1.165) is 22.8 Å². The second kappa shape index (κ2) is 5.85. The molecule has 0 amide bonds. The van der Waals surface area contributed by atoms with Gasteiger partial charge in [-0.25, -0.2) is 9.97 Å². The lowest BCUT2D eigenvalue weighted by Gasteiger charge is -2.11. The molecule has 3 N–H and O–H groups in total. The van der Waals surface area contributed by atoms with Gasteiger partial charge in [0.25, 0.3) is 0 Å². The third-order valence-corrected chi connectivity index (χ3v) is 3.69. The molecule has 0 saturated carbocycles.